The number of carbonyl (C=O) groups excluding carboxylic acids is 1. The van der Waals surface area contributed by atoms with E-state index < -0.39 is 12.1 Å². The Morgan fingerprint density at radius 3 is 2.58 bits per heavy atom. The minimum Gasteiger partial charge on any atom is -0.363 e. The van der Waals surface area contributed by atoms with Gasteiger partial charge in [-0.25, -0.2) is 14.1 Å². The van der Waals surface area contributed by atoms with E-state index in [2.05, 4.69) is 69.6 Å². The third-order valence-electron chi connectivity index (χ3n) is 7.17. The first kappa shape index (κ1) is 24.1. The quantitative estimate of drug-likeness (QED) is 0.527. The number of hydrogen-bond donors (Lipinski definition) is 1. The predicted octanol–water partition coefficient (Wildman–Crippen LogP) is 4.68. The normalized spacial score (nSPS) is 22.4. The van der Waals surface area contributed by atoms with Crippen molar-refractivity contribution in [3.63, 3.8) is 0 Å². The average Bonchev–Trinajstić information content (AvgIpc) is 3.27. The fourth-order valence-corrected chi connectivity index (χ4v) is 5.35. The molecule has 2 heterocycles. The summed E-state index contributed by atoms with van der Waals surface area (Å²) in [5.74, 6) is -0.0279. The lowest BCUT2D eigenvalue weighted by molar-refractivity contribution is 0.0990. The highest BCUT2D eigenvalue weighted by atomic mass is 19.1. The van der Waals surface area contributed by atoms with Crippen LogP contribution in [0.1, 0.15) is 46.8 Å². The van der Waals surface area contributed by atoms with Crippen LogP contribution in [0.2, 0.25) is 0 Å². The fourth-order valence-electron chi connectivity index (χ4n) is 5.35. The summed E-state index contributed by atoms with van der Waals surface area (Å²) >= 11 is 0. The Labute approximate surface area is 211 Å². The SMILES string of the molecule is Cc1nc(C(N)=O)nn1-c1ccc(C[C@@]2(CN3CCCC(F)C3)C=CC(c3ccccc3)=CC2)cc1. The molecule has 3 aromatic rings. The summed E-state index contributed by atoms with van der Waals surface area (Å²) < 4.78 is 15.8. The van der Waals surface area contributed by atoms with Crippen molar-refractivity contribution < 1.29 is 9.18 Å². The van der Waals surface area contributed by atoms with Crippen LogP contribution in [0.25, 0.3) is 11.3 Å². The van der Waals surface area contributed by atoms with E-state index in [4.69, 9.17) is 5.73 Å². The van der Waals surface area contributed by atoms with Crippen molar-refractivity contribution in [3.8, 4) is 5.69 Å². The Morgan fingerprint density at radius 2 is 1.94 bits per heavy atom. The van der Waals surface area contributed by atoms with Crippen molar-refractivity contribution in [1.82, 2.24) is 19.7 Å². The van der Waals surface area contributed by atoms with Crippen LogP contribution >= 0.6 is 0 Å². The van der Waals surface area contributed by atoms with Crippen LogP contribution in [0.15, 0.2) is 72.8 Å². The molecule has 0 radical (unpaired) electrons. The van der Waals surface area contributed by atoms with Crippen LogP contribution in [-0.2, 0) is 6.42 Å². The summed E-state index contributed by atoms with van der Waals surface area (Å²) in [6.07, 6.45) is 9.47. The molecule has 2 aliphatic rings. The summed E-state index contributed by atoms with van der Waals surface area (Å²) in [6, 6.07) is 18.6. The van der Waals surface area contributed by atoms with Gasteiger partial charge in [0.2, 0.25) is 5.82 Å². The van der Waals surface area contributed by atoms with Crippen molar-refractivity contribution in [2.24, 2.45) is 11.1 Å². The van der Waals surface area contributed by atoms with Crippen LogP contribution in [0, 0.1) is 12.3 Å². The van der Waals surface area contributed by atoms with E-state index in [1.54, 1.807) is 11.6 Å². The molecule has 6 nitrogen and oxygen atoms in total. The second-order valence-corrected chi connectivity index (χ2v) is 10.0. The Kier molecular flexibility index (Phi) is 6.83. The number of piperidine rings is 1. The number of benzene rings is 2. The summed E-state index contributed by atoms with van der Waals surface area (Å²) in [7, 11) is 0. The number of carbonyl (C=O) groups is 1. The molecule has 0 spiro atoms. The minimum absolute atomic E-state index is 0.0107. The molecule has 1 aliphatic carbocycles. The van der Waals surface area contributed by atoms with Gasteiger partial charge in [0.05, 0.1) is 5.69 Å². The molecule has 36 heavy (non-hydrogen) atoms. The van der Waals surface area contributed by atoms with Crippen LogP contribution in [0.5, 0.6) is 0 Å². The maximum atomic E-state index is 14.2. The number of nitrogens with two attached hydrogens (primary N) is 1. The van der Waals surface area contributed by atoms with E-state index in [1.807, 2.05) is 18.2 Å². The van der Waals surface area contributed by atoms with Gasteiger partial charge in [0.25, 0.3) is 5.91 Å². The average molecular weight is 486 g/mol. The number of likely N-dealkylation sites (tertiary alicyclic amines) is 1. The predicted molar refractivity (Wildman–Crippen MR) is 139 cm³/mol. The van der Waals surface area contributed by atoms with Gasteiger partial charge in [0, 0.05) is 18.5 Å². The van der Waals surface area contributed by atoms with Gasteiger partial charge in [-0.2, -0.15) is 0 Å². The van der Waals surface area contributed by atoms with E-state index >= 15 is 0 Å². The lowest BCUT2D eigenvalue weighted by Crippen LogP contribution is -2.44. The largest absolute Gasteiger partial charge is 0.363 e. The Hall–Kier alpha value is -3.58. The first-order valence-electron chi connectivity index (χ1n) is 12.5. The molecule has 1 amide bonds. The molecule has 2 N–H and O–H groups in total. The molecule has 7 heteroatoms. The lowest BCUT2D eigenvalue weighted by atomic mass is 9.74. The minimum atomic E-state index is -0.741. The van der Waals surface area contributed by atoms with Gasteiger partial charge in [-0.3, -0.25) is 9.69 Å². The number of halogens is 1. The maximum absolute atomic E-state index is 14.2. The second-order valence-electron chi connectivity index (χ2n) is 10.0. The van der Waals surface area contributed by atoms with Crippen LogP contribution in [0.3, 0.4) is 0 Å². The molecule has 0 saturated carbocycles. The molecular formula is C29H32FN5O. The Morgan fingerprint density at radius 1 is 1.17 bits per heavy atom. The second kappa shape index (κ2) is 10.2. The number of hydrogen-bond acceptors (Lipinski definition) is 4. The number of alkyl halides is 1. The van der Waals surface area contributed by atoms with E-state index in [1.165, 1.54) is 16.7 Å². The molecule has 1 fully saturated rings. The lowest BCUT2D eigenvalue weighted by Gasteiger charge is -2.40. The van der Waals surface area contributed by atoms with Crippen molar-refractivity contribution in [2.45, 2.75) is 38.8 Å². The third-order valence-corrected chi connectivity index (χ3v) is 7.17. The highest BCUT2D eigenvalue weighted by Gasteiger charge is 2.33. The molecular weight excluding hydrogens is 453 g/mol. The van der Waals surface area contributed by atoms with Gasteiger partial charge in [0.1, 0.15) is 12.0 Å². The summed E-state index contributed by atoms with van der Waals surface area (Å²) in [4.78, 5) is 17.9. The molecule has 1 unspecified atom stereocenters. The number of rotatable bonds is 7. The zero-order valence-corrected chi connectivity index (χ0v) is 20.6. The highest BCUT2D eigenvalue weighted by Crippen LogP contribution is 2.38. The van der Waals surface area contributed by atoms with Crippen LogP contribution in [-0.4, -0.2) is 51.4 Å². The van der Waals surface area contributed by atoms with E-state index in [9.17, 15) is 9.18 Å². The van der Waals surface area contributed by atoms with Crippen LogP contribution in [0.4, 0.5) is 4.39 Å². The number of nitrogens with zero attached hydrogens (tertiary/aromatic N) is 4. The third kappa shape index (κ3) is 5.31. The Bertz CT molecular complexity index is 1280. The van der Waals surface area contributed by atoms with Crippen molar-refractivity contribution in [3.05, 3.63) is 95.6 Å². The smallest absolute Gasteiger partial charge is 0.288 e. The number of allylic oxidation sites excluding steroid dienone is 3. The van der Waals surface area contributed by atoms with Crippen molar-refractivity contribution >= 4 is 11.5 Å². The van der Waals surface area contributed by atoms with Crippen molar-refractivity contribution in [1.29, 1.82) is 0 Å². The van der Waals surface area contributed by atoms with Crippen molar-refractivity contribution in [2.75, 3.05) is 19.6 Å². The topological polar surface area (TPSA) is 77.0 Å². The first-order chi connectivity index (χ1) is 17.4. The molecule has 1 aliphatic heterocycles. The number of primary amides is 1. The maximum Gasteiger partial charge on any atom is 0.288 e. The van der Waals surface area contributed by atoms with Crippen LogP contribution < -0.4 is 5.73 Å². The van der Waals surface area contributed by atoms with Gasteiger partial charge in [0.15, 0.2) is 0 Å². The van der Waals surface area contributed by atoms with Gasteiger partial charge in [-0.05, 0) is 68.0 Å². The van der Waals surface area contributed by atoms with Gasteiger partial charge >= 0.3 is 0 Å². The van der Waals surface area contributed by atoms with Gasteiger partial charge in [-0.1, -0.05) is 60.7 Å². The molecule has 1 aromatic heterocycles. The fraction of sp³-hybridized carbons (Fsp3) is 0.345. The Balaban J connectivity index is 1.38. The first-order valence-corrected chi connectivity index (χ1v) is 12.5. The molecule has 186 valence electrons. The van der Waals surface area contributed by atoms with E-state index in [-0.39, 0.29) is 11.2 Å². The summed E-state index contributed by atoms with van der Waals surface area (Å²) in [5.41, 5.74) is 9.69. The van der Waals surface area contributed by atoms with Gasteiger partial charge < -0.3 is 5.73 Å². The number of amides is 1. The monoisotopic (exact) mass is 485 g/mol. The summed E-state index contributed by atoms with van der Waals surface area (Å²) in [6.45, 7) is 4.08. The van der Waals surface area contributed by atoms with Gasteiger partial charge in [-0.15, -0.1) is 5.10 Å². The zero-order valence-electron chi connectivity index (χ0n) is 20.6. The molecule has 2 atom stereocenters. The number of aromatic nitrogens is 3. The van der Waals surface area contributed by atoms with E-state index in [0.29, 0.717) is 18.8 Å². The molecule has 2 aromatic carbocycles. The number of aryl methyl sites for hydroxylation is 1. The molecule has 0 bridgehead atoms. The standard InChI is InChI=1S/C29H32FN5O/c1-21-32-28(27(31)36)33-35(21)26-11-9-22(10-12-26)18-29(20-34-17-5-8-25(30)19-34)15-13-24(14-16-29)23-6-3-2-4-7-23/h2-4,6-7,9-15,25H,5,8,16-20H2,1H3,(H2,31,36)/t25?,29-/m1/s1. The summed E-state index contributed by atoms with van der Waals surface area (Å²) in [5, 5.41) is 4.23. The molecule has 1 saturated heterocycles. The zero-order chi connectivity index (χ0) is 25.1. The highest BCUT2D eigenvalue weighted by molar-refractivity contribution is 5.88. The van der Waals surface area contributed by atoms with E-state index in [0.717, 1.165) is 38.0 Å². The molecule has 5 rings (SSSR count).